The largest absolute Gasteiger partial charge is 0.320 e. The minimum Gasteiger partial charge on any atom is -0.320 e. The van der Waals surface area contributed by atoms with Crippen LogP contribution in [0.1, 0.15) is 32.3 Å². The van der Waals surface area contributed by atoms with E-state index < -0.39 is 15.8 Å². The normalized spacial score (nSPS) is 11.2. The van der Waals surface area contributed by atoms with Gasteiger partial charge >= 0.3 is 0 Å². The van der Waals surface area contributed by atoms with E-state index in [-0.39, 0.29) is 23.0 Å². The highest BCUT2D eigenvalue weighted by Gasteiger charge is 2.19. The first-order valence-corrected chi connectivity index (χ1v) is 7.93. The lowest BCUT2D eigenvalue weighted by Crippen LogP contribution is -2.33. The second kappa shape index (κ2) is 7.39. The van der Waals surface area contributed by atoms with Gasteiger partial charge in [0.25, 0.3) is 0 Å². The summed E-state index contributed by atoms with van der Waals surface area (Å²) >= 11 is 0. The van der Waals surface area contributed by atoms with Gasteiger partial charge in [0.05, 0.1) is 17.0 Å². The number of hydrogen-bond donors (Lipinski definition) is 2. The van der Waals surface area contributed by atoms with Gasteiger partial charge in [-0.15, -0.1) is 0 Å². The quantitative estimate of drug-likeness (QED) is 0.811. The van der Waals surface area contributed by atoms with Crippen LogP contribution in [-0.2, 0) is 10.0 Å². The van der Waals surface area contributed by atoms with Crippen molar-refractivity contribution in [3.05, 3.63) is 29.6 Å². The molecule has 0 heterocycles. The van der Waals surface area contributed by atoms with Crippen molar-refractivity contribution in [3.8, 4) is 11.8 Å². The first-order chi connectivity index (χ1) is 9.44. The van der Waals surface area contributed by atoms with Crippen molar-refractivity contribution in [1.29, 1.82) is 0 Å². The molecule has 0 saturated heterocycles. The molecule has 1 aromatic rings. The van der Waals surface area contributed by atoms with Gasteiger partial charge in [0.15, 0.2) is 0 Å². The Hall–Kier alpha value is -1.42. The smallest absolute Gasteiger partial charge is 0.240 e. The highest BCUT2D eigenvalue weighted by molar-refractivity contribution is 7.89. The summed E-state index contributed by atoms with van der Waals surface area (Å²) in [6.45, 7) is 3.90. The number of hydrogen-bond acceptors (Lipinski definition) is 3. The number of rotatable bonds is 5. The van der Waals surface area contributed by atoms with Gasteiger partial charge in [-0.05, 0) is 31.0 Å². The van der Waals surface area contributed by atoms with E-state index in [1.807, 2.05) is 13.8 Å². The van der Waals surface area contributed by atoms with Crippen LogP contribution in [-0.4, -0.2) is 21.0 Å². The highest BCUT2D eigenvalue weighted by atomic mass is 32.2. The lowest BCUT2D eigenvalue weighted by Gasteiger charge is -2.15. The van der Waals surface area contributed by atoms with Crippen molar-refractivity contribution in [2.24, 2.45) is 5.73 Å². The molecule has 0 fully saturated rings. The fourth-order valence-electron chi connectivity index (χ4n) is 1.65. The van der Waals surface area contributed by atoms with E-state index in [9.17, 15) is 12.8 Å². The Kier molecular flexibility index (Phi) is 6.14. The molecular weight excluding hydrogens is 279 g/mol. The molecule has 20 heavy (non-hydrogen) atoms. The second-order valence-corrected chi connectivity index (χ2v) is 6.00. The van der Waals surface area contributed by atoms with Gasteiger partial charge in [-0.1, -0.05) is 25.7 Å². The van der Waals surface area contributed by atoms with Crippen molar-refractivity contribution >= 4 is 10.0 Å². The van der Waals surface area contributed by atoms with E-state index >= 15 is 0 Å². The summed E-state index contributed by atoms with van der Waals surface area (Å²) in [5.74, 6) is 4.41. The van der Waals surface area contributed by atoms with Gasteiger partial charge < -0.3 is 5.73 Å². The van der Waals surface area contributed by atoms with Crippen LogP contribution >= 0.6 is 0 Å². The number of sulfonamides is 1. The lowest BCUT2D eigenvalue weighted by molar-refractivity contribution is 0.529. The van der Waals surface area contributed by atoms with Crippen LogP contribution in [0, 0.1) is 17.7 Å². The molecule has 1 rings (SSSR count). The Labute approximate surface area is 119 Å². The van der Waals surface area contributed by atoms with E-state index in [0.29, 0.717) is 12.8 Å². The standard InChI is InChI=1S/C14H19FN2O2S/c1-3-12(4-2)17-20(18,19)13-8-7-11(6-5-9-16)14(15)10-13/h7-8,10,12,17H,3-4,9,16H2,1-2H3. The van der Waals surface area contributed by atoms with Crippen LogP contribution in [0.4, 0.5) is 4.39 Å². The fourth-order valence-corrected chi connectivity index (χ4v) is 3.07. The highest BCUT2D eigenvalue weighted by Crippen LogP contribution is 2.15. The van der Waals surface area contributed by atoms with Crippen LogP contribution in [0.2, 0.25) is 0 Å². The summed E-state index contributed by atoms with van der Waals surface area (Å²) in [7, 11) is -3.71. The summed E-state index contributed by atoms with van der Waals surface area (Å²) in [6, 6.07) is 3.51. The van der Waals surface area contributed by atoms with Crippen LogP contribution < -0.4 is 10.5 Å². The van der Waals surface area contributed by atoms with Crippen LogP contribution in [0.15, 0.2) is 23.1 Å². The van der Waals surface area contributed by atoms with Gasteiger partial charge in [-0.25, -0.2) is 17.5 Å². The molecule has 0 aromatic heterocycles. The third-order valence-electron chi connectivity index (χ3n) is 2.88. The maximum absolute atomic E-state index is 13.8. The minimum absolute atomic E-state index is 0.0970. The molecule has 4 nitrogen and oxygen atoms in total. The summed E-state index contributed by atoms with van der Waals surface area (Å²) < 4.78 is 40.5. The Balaban J connectivity index is 3.05. The molecule has 0 spiro atoms. The van der Waals surface area contributed by atoms with E-state index in [4.69, 9.17) is 5.73 Å². The minimum atomic E-state index is -3.71. The Bertz CT molecular complexity index is 614. The molecule has 6 heteroatoms. The van der Waals surface area contributed by atoms with Crippen LogP contribution in [0.25, 0.3) is 0 Å². The first kappa shape index (κ1) is 16.6. The summed E-state index contributed by atoms with van der Waals surface area (Å²) in [5.41, 5.74) is 5.35. The van der Waals surface area contributed by atoms with Crippen molar-refractivity contribution in [3.63, 3.8) is 0 Å². The second-order valence-electron chi connectivity index (χ2n) is 4.28. The molecule has 0 bridgehead atoms. The molecule has 0 aliphatic heterocycles. The number of halogens is 1. The molecule has 0 radical (unpaired) electrons. The Morgan fingerprint density at radius 2 is 2.00 bits per heavy atom. The molecule has 3 N–H and O–H groups in total. The molecular formula is C14H19FN2O2S. The van der Waals surface area contributed by atoms with E-state index in [2.05, 4.69) is 16.6 Å². The van der Waals surface area contributed by atoms with Crippen LogP contribution in [0.3, 0.4) is 0 Å². The zero-order chi connectivity index (χ0) is 15.2. The molecule has 0 amide bonds. The maximum Gasteiger partial charge on any atom is 0.240 e. The third kappa shape index (κ3) is 4.30. The molecule has 0 saturated carbocycles. The summed E-state index contributed by atoms with van der Waals surface area (Å²) in [5, 5.41) is 0. The zero-order valence-electron chi connectivity index (χ0n) is 11.6. The van der Waals surface area contributed by atoms with E-state index in [1.54, 1.807) is 0 Å². The van der Waals surface area contributed by atoms with Gasteiger partial charge in [-0.2, -0.15) is 0 Å². The van der Waals surface area contributed by atoms with Crippen molar-refractivity contribution < 1.29 is 12.8 Å². The fraction of sp³-hybridized carbons (Fsp3) is 0.429. The lowest BCUT2D eigenvalue weighted by atomic mass is 10.2. The molecule has 0 unspecified atom stereocenters. The van der Waals surface area contributed by atoms with Crippen molar-refractivity contribution in [2.45, 2.75) is 37.6 Å². The molecule has 0 aliphatic carbocycles. The molecule has 1 aromatic carbocycles. The van der Waals surface area contributed by atoms with Crippen molar-refractivity contribution in [2.75, 3.05) is 6.54 Å². The first-order valence-electron chi connectivity index (χ1n) is 6.45. The topological polar surface area (TPSA) is 72.2 Å². The Morgan fingerprint density at radius 1 is 1.35 bits per heavy atom. The number of nitrogens with two attached hydrogens (primary N) is 1. The van der Waals surface area contributed by atoms with E-state index in [0.717, 1.165) is 6.07 Å². The third-order valence-corrected chi connectivity index (χ3v) is 4.40. The Morgan fingerprint density at radius 3 is 2.50 bits per heavy atom. The SMILES string of the molecule is CCC(CC)NS(=O)(=O)c1ccc(C#CCN)c(F)c1. The number of benzene rings is 1. The summed E-state index contributed by atoms with van der Waals surface area (Å²) in [6.07, 6.45) is 1.36. The monoisotopic (exact) mass is 298 g/mol. The van der Waals surface area contributed by atoms with Crippen LogP contribution in [0.5, 0.6) is 0 Å². The number of nitrogens with one attached hydrogen (secondary N) is 1. The van der Waals surface area contributed by atoms with E-state index in [1.165, 1.54) is 12.1 Å². The predicted octanol–water partition coefficient (Wildman–Crippen LogP) is 1.60. The van der Waals surface area contributed by atoms with Gasteiger partial charge in [0, 0.05) is 6.04 Å². The predicted molar refractivity (Wildman–Crippen MR) is 77.0 cm³/mol. The van der Waals surface area contributed by atoms with Gasteiger partial charge in [0.1, 0.15) is 5.82 Å². The zero-order valence-corrected chi connectivity index (χ0v) is 12.4. The molecule has 0 atom stereocenters. The molecule has 110 valence electrons. The van der Waals surface area contributed by atoms with Gasteiger partial charge in [0.2, 0.25) is 10.0 Å². The average molecular weight is 298 g/mol. The maximum atomic E-state index is 13.8. The summed E-state index contributed by atoms with van der Waals surface area (Å²) in [4.78, 5) is -0.0970. The van der Waals surface area contributed by atoms with Gasteiger partial charge in [-0.3, -0.25) is 0 Å². The molecule has 0 aliphatic rings. The average Bonchev–Trinajstić information content (AvgIpc) is 2.43. The van der Waals surface area contributed by atoms with Crippen molar-refractivity contribution in [1.82, 2.24) is 4.72 Å².